The lowest BCUT2D eigenvalue weighted by molar-refractivity contribution is 0.0548. The molecule has 3 rings (SSSR count). The molecule has 0 spiro atoms. The van der Waals surface area contributed by atoms with Crippen LogP contribution in [0.1, 0.15) is 43.6 Å². The van der Waals surface area contributed by atoms with Crippen molar-refractivity contribution in [2.75, 3.05) is 13.1 Å². The van der Waals surface area contributed by atoms with Gasteiger partial charge in [-0.2, -0.15) is 4.31 Å². The lowest BCUT2D eigenvalue weighted by Crippen LogP contribution is -2.53. The smallest absolute Gasteiger partial charge is 0.243 e. The highest BCUT2D eigenvalue weighted by Crippen LogP contribution is 2.33. The van der Waals surface area contributed by atoms with Gasteiger partial charge in [-0.1, -0.05) is 31.4 Å². The van der Waals surface area contributed by atoms with Gasteiger partial charge >= 0.3 is 0 Å². The Morgan fingerprint density at radius 2 is 1.60 bits per heavy atom. The number of β-amino-alcohol motifs (C(OH)–C–C–N with tert-alkyl or cyclic N) is 1. The number of nitrogens with zero attached hydrogens (tertiary/aromatic N) is 1. The number of aliphatic hydroxyl groups excluding tert-OH is 1. The molecule has 2 aliphatic rings. The summed E-state index contributed by atoms with van der Waals surface area (Å²) >= 11 is 0. The molecule has 1 heterocycles. The molecule has 20 heavy (non-hydrogen) atoms. The van der Waals surface area contributed by atoms with Gasteiger partial charge in [0.25, 0.3) is 0 Å². The van der Waals surface area contributed by atoms with Gasteiger partial charge in [-0.25, -0.2) is 8.42 Å². The molecule has 0 bridgehead atoms. The van der Waals surface area contributed by atoms with Crippen LogP contribution >= 0.6 is 0 Å². The fraction of sp³-hybridized carbons (Fsp3) is 0.600. The minimum atomic E-state index is -3.41. The number of aliphatic hydroxyl groups is 1. The third kappa shape index (κ3) is 2.62. The third-order valence-electron chi connectivity index (χ3n) is 4.42. The van der Waals surface area contributed by atoms with Crippen LogP contribution in [0, 0.1) is 0 Å². The predicted molar refractivity (Wildman–Crippen MR) is 77.0 cm³/mol. The summed E-state index contributed by atoms with van der Waals surface area (Å²) in [4.78, 5) is 0.337. The van der Waals surface area contributed by atoms with Crippen molar-refractivity contribution in [2.45, 2.75) is 49.0 Å². The van der Waals surface area contributed by atoms with Crippen molar-refractivity contribution in [3.63, 3.8) is 0 Å². The lowest BCUT2D eigenvalue weighted by atomic mass is 9.84. The lowest BCUT2D eigenvalue weighted by Gasteiger charge is -2.34. The number of benzene rings is 1. The Bertz CT molecular complexity index is 555. The Morgan fingerprint density at radius 3 is 2.15 bits per heavy atom. The van der Waals surface area contributed by atoms with Gasteiger partial charge in [0.1, 0.15) is 0 Å². The summed E-state index contributed by atoms with van der Waals surface area (Å²) < 4.78 is 25.9. The van der Waals surface area contributed by atoms with Crippen LogP contribution < -0.4 is 0 Å². The van der Waals surface area contributed by atoms with Gasteiger partial charge in [0.05, 0.1) is 11.0 Å². The quantitative estimate of drug-likeness (QED) is 0.929. The van der Waals surface area contributed by atoms with E-state index in [-0.39, 0.29) is 13.1 Å². The Labute approximate surface area is 120 Å². The second-order valence-corrected chi connectivity index (χ2v) is 7.82. The second kappa shape index (κ2) is 5.47. The molecule has 0 atom stereocenters. The molecule has 110 valence electrons. The van der Waals surface area contributed by atoms with Crippen LogP contribution in [0.25, 0.3) is 0 Å². The summed E-state index contributed by atoms with van der Waals surface area (Å²) in [6, 6.07) is 7.34. The Kier molecular flexibility index (Phi) is 3.84. The normalized spacial score (nSPS) is 22.6. The molecule has 0 radical (unpaired) electrons. The van der Waals surface area contributed by atoms with Crippen LogP contribution in [-0.2, 0) is 10.0 Å². The summed E-state index contributed by atoms with van der Waals surface area (Å²) in [5, 5.41) is 9.24. The average Bonchev–Trinajstić information content (AvgIpc) is 2.45. The van der Waals surface area contributed by atoms with Crippen molar-refractivity contribution in [3.8, 4) is 0 Å². The number of hydrogen-bond donors (Lipinski definition) is 1. The summed E-state index contributed by atoms with van der Waals surface area (Å²) in [5.74, 6) is 0.589. The first-order chi connectivity index (χ1) is 9.57. The van der Waals surface area contributed by atoms with E-state index in [1.807, 2.05) is 12.1 Å². The summed E-state index contributed by atoms with van der Waals surface area (Å²) in [7, 11) is -3.41. The van der Waals surface area contributed by atoms with Crippen molar-refractivity contribution in [1.82, 2.24) is 4.31 Å². The van der Waals surface area contributed by atoms with E-state index < -0.39 is 16.1 Å². The second-order valence-electron chi connectivity index (χ2n) is 5.88. The molecule has 1 saturated heterocycles. The first-order valence-corrected chi connectivity index (χ1v) is 8.79. The van der Waals surface area contributed by atoms with E-state index in [2.05, 4.69) is 0 Å². The minimum absolute atomic E-state index is 0.215. The largest absolute Gasteiger partial charge is 0.390 e. The van der Waals surface area contributed by atoms with Crippen molar-refractivity contribution in [3.05, 3.63) is 29.8 Å². The zero-order valence-corrected chi connectivity index (χ0v) is 12.3. The van der Waals surface area contributed by atoms with Gasteiger partial charge in [0.15, 0.2) is 0 Å². The summed E-state index contributed by atoms with van der Waals surface area (Å²) in [6.07, 6.45) is 5.79. The Balaban J connectivity index is 1.75. The SMILES string of the molecule is O=S(=O)(c1ccc(C2CCCCC2)cc1)N1CC(O)C1. The Hall–Kier alpha value is -0.910. The molecule has 4 nitrogen and oxygen atoms in total. The van der Waals surface area contributed by atoms with E-state index in [0.717, 1.165) is 0 Å². The molecule has 0 amide bonds. The number of sulfonamides is 1. The maximum atomic E-state index is 12.3. The predicted octanol–water partition coefficient (Wildman–Crippen LogP) is 2.10. The maximum absolute atomic E-state index is 12.3. The zero-order chi connectivity index (χ0) is 14.2. The molecule has 2 fully saturated rings. The molecule has 0 unspecified atom stereocenters. The van der Waals surface area contributed by atoms with Crippen molar-refractivity contribution in [2.24, 2.45) is 0 Å². The van der Waals surface area contributed by atoms with Gasteiger partial charge in [-0.3, -0.25) is 0 Å². The fourth-order valence-corrected chi connectivity index (χ4v) is 4.62. The van der Waals surface area contributed by atoms with Crippen LogP contribution in [0.15, 0.2) is 29.2 Å². The van der Waals surface area contributed by atoms with Gasteiger partial charge in [-0.05, 0) is 36.5 Å². The molecule has 5 heteroatoms. The minimum Gasteiger partial charge on any atom is -0.390 e. The van der Waals surface area contributed by atoms with E-state index in [0.29, 0.717) is 10.8 Å². The van der Waals surface area contributed by atoms with Crippen molar-refractivity contribution < 1.29 is 13.5 Å². The van der Waals surface area contributed by atoms with Crippen LogP contribution in [-0.4, -0.2) is 37.0 Å². The molecule has 1 N–H and O–H groups in total. The standard InChI is InChI=1S/C15H21NO3S/c17-14-10-16(11-14)20(18,19)15-8-6-13(7-9-15)12-4-2-1-3-5-12/h6-9,12,14,17H,1-5,10-11H2. The number of rotatable bonds is 3. The molecule has 1 saturated carbocycles. The van der Waals surface area contributed by atoms with Crippen LogP contribution in [0.3, 0.4) is 0 Å². The van der Waals surface area contributed by atoms with Crippen molar-refractivity contribution in [1.29, 1.82) is 0 Å². The van der Waals surface area contributed by atoms with Gasteiger partial charge in [0, 0.05) is 13.1 Å². The molecule has 0 aromatic heterocycles. The van der Waals surface area contributed by atoms with E-state index in [4.69, 9.17) is 0 Å². The molecular weight excluding hydrogens is 274 g/mol. The topological polar surface area (TPSA) is 57.6 Å². The zero-order valence-electron chi connectivity index (χ0n) is 11.5. The molecule has 1 aliphatic heterocycles. The van der Waals surface area contributed by atoms with Gasteiger partial charge in [-0.15, -0.1) is 0 Å². The summed E-state index contributed by atoms with van der Waals surface area (Å²) in [5.41, 5.74) is 1.26. The highest BCUT2D eigenvalue weighted by Gasteiger charge is 2.35. The fourth-order valence-electron chi connectivity index (χ4n) is 3.11. The summed E-state index contributed by atoms with van der Waals surface area (Å²) in [6.45, 7) is 0.430. The maximum Gasteiger partial charge on any atom is 0.243 e. The van der Waals surface area contributed by atoms with Gasteiger partial charge < -0.3 is 5.11 Å². The molecule has 1 aromatic carbocycles. The highest BCUT2D eigenvalue weighted by molar-refractivity contribution is 7.89. The number of hydrogen-bond acceptors (Lipinski definition) is 3. The molecule has 1 aliphatic carbocycles. The van der Waals surface area contributed by atoms with Gasteiger partial charge in [0.2, 0.25) is 10.0 Å². The highest BCUT2D eigenvalue weighted by atomic mass is 32.2. The molecule has 1 aromatic rings. The van der Waals surface area contributed by atoms with E-state index in [1.54, 1.807) is 12.1 Å². The third-order valence-corrected chi connectivity index (χ3v) is 6.27. The first-order valence-electron chi connectivity index (χ1n) is 7.35. The van der Waals surface area contributed by atoms with Crippen molar-refractivity contribution >= 4 is 10.0 Å². The first kappa shape index (κ1) is 14.0. The Morgan fingerprint density at radius 1 is 1.00 bits per heavy atom. The van der Waals surface area contributed by atoms with E-state index in [9.17, 15) is 13.5 Å². The average molecular weight is 295 g/mol. The monoisotopic (exact) mass is 295 g/mol. The molecular formula is C15H21NO3S. The van der Waals surface area contributed by atoms with Crippen LogP contribution in [0.2, 0.25) is 0 Å². The van der Waals surface area contributed by atoms with Crippen LogP contribution in [0.4, 0.5) is 0 Å². The van der Waals surface area contributed by atoms with E-state index >= 15 is 0 Å². The van der Waals surface area contributed by atoms with E-state index in [1.165, 1.54) is 42.0 Å². The van der Waals surface area contributed by atoms with Crippen LogP contribution in [0.5, 0.6) is 0 Å².